The second-order valence-electron chi connectivity index (χ2n) is 3.96. The number of benzene rings is 2. The molecular weight excluding hydrogens is 260 g/mol. The molecule has 2 rings (SSSR count). The first-order valence-electron chi connectivity index (χ1n) is 5.75. The molecule has 0 amide bonds. The molecule has 0 bridgehead atoms. The second kappa shape index (κ2) is 5.83. The zero-order valence-corrected chi connectivity index (χ0v) is 10.7. The standard InChI is InChI=1S/C14H12N2O4/c1-20-12-5-2-10(3-6-12)9-15-13-7-4-11(16(18)19)8-14(13)17/h2-9,17H,1H3. The number of ether oxygens (including phenoxy) is 1. The monoisotopic (exact) mass is 272 g/mol. The Balaban J connectivity index is 2.20. The molecule has 6 heteroatoms. The summed E-state index contributed by atoms with van der Waals surface area (Å²) in [5.41, 5.74) is 0.917. The van der Waals surface area contributed by atoms with Crippen molar-refractivity contribution in [2.75, 3.05) is 7.11 Å². The minimum atomic E-state index is -0.573. The van der Waals surface area contributed by atoms with Crippen molar-refractivity contribution in [3.63, 3.8) is 0 Å². The quantitative estimate of drug-likeness (QED) is 0.526. The number of nitro groups is 1. The Labute approximate surface area is 115 Å². The van der Waals surface area contributed by atoms with Gasteiger partial charge in [0.25, 0.3) is 5.69 Å². The van der Waals surface area contributed by atoms with E-state index in [0.717, 1.165) is 17.4 Å². The fourth-order valence-corrected chi connectivity index (χ4v) is 1.57. The van der Waals surface area contributed by atoms with Gasteiger partial charge in [0.1, 0.15) is 17.2 Å². The molecule has 0 atom stereocenters. The minimum Gasteiger partial charge on any atom is -0.505 e. The van der Waals surface area contributed by atoms with Crippen LogP contribution in [0.3, 0.4) is 0 Å². The first-order valence-corrected chi connectivity index (χ1v) is 5.75. The van der Waals surface area contributed by atoms with Gasteiger partial charge in [-0.05, 0) is 35.9 Å². The Kier molecular flexibility index (Phi) is 3.95. The molecule has 1 N–H and O–H groups in total. The molecule has 0 aliphatic rings. The summed E-state index contributed by atoms with van der Waals surface area (Å²) in [4.78, 5) is 14.1. The molecule has 0 spiro atoms. The lowest BCUT2D eigenvalue weighted by molar-refractivity contribution is -0.384. The Morgan fingerprint density at radius 2 is 1.95 bits per heavy atom. The Morgan fingerprint density at radius 3 is 2.50 bits per heavy atom. The van der Waals surface area contributed by atoms with E-state index < -0.39 is 4.92 Å². The third kappa shape index (κ3) is 3.11. The van der Waals surface area contributed by atoms with Crippen molar-refractivity contribution in [2.45, 2.75) is 0 Å². The van der Waals surface area contributed by atoms with E-state index in [1.165, 1.54) is 12.1 Å². The molecule has 0 fully saturated rings. The molecule has 0 aromatic heterocycles. The van der Waals surface area contributed by atoms with Gasteiger partial charge in [0, 0.05) is 12.3 Å². The number of nitro benzene ring substituents is 1. The van der Waals surface area contributed by atoms with Crippen molar-refractivity contribution in [1.82, 2.24) is 0 Å². The highest BCUT2D eigenvalue weighted by atomic mass is 16.6. The van der Waals surface area contributed by atoms with Crippen LogP contribution >= 0.6 is 0 Å². The molecule has 6 nitrogen and oxygen atoms in total. The van der Waals surface area contributed by atoms with Gasteiger partial charge in [0.05, 0.1) is 18.1 Å². The number of methoxy groups -OCH3 is 1. The molecule has 0 saturated heterocycles. The SMILES string of the molecule is COc1ccc(C=Nc2ccc([N+](=O)[O-])cc2O)cc1. The summed E-state index contributed by atoms with van der Waals surface area (Å²) in [7, 11) is 1.58. The molecule has 102 valence electrons. The van der Waals surface area contributed by atoms with Crippen molar-refractivity contribution >= 4 is 17.6 Å². The number of hydrogen-bond acceptors (Lipinski definition) is 5. The second-order valence-corrected chi connectivity index (χ2v) is 3.96. The van der Waals surface area contributed by atoms with Gasteiger partial charge in [0.2, 0.25) is 0 Å². The lowest BCUT2D eigenvalue weighted by Crippen LogP contribution is -1.87. The molecule has 2 aromatic rings. The summed E-state index contributed by atoms with van der Waals surface area (Å²) in [6.45, 7) is 0. The summed E-state index contributed by atoms with van der Waals surface area (Å²) < 4.78 is 5.04. The van der Waals surface area contributed by atoms with Crippen molar-refractivity contribution in [2.24, 2.45) is 4.99 Å². The maximum Gasteiger partial charge on any atom is 0.273 e. The molecule has 0 saturated carbocycles. The van der Waals surface area contributed by atoms with Crippen LogP contribution in [0.25, 0.3) is 0 Å². The van der Waals surface area contributed by atoms with Gasteiger partial charge >= 0.3 is 0 Å². The highest BCUT2D eigenvalue weighted by molar-refractivity contribution is 5.83. The Morgan fingerprint density at radius 1 is 1.25 bits per heavy atom. The van der Waals surface area contributed by atoms with E-state index in [9.17, 15) is 15.2 Å². The maximum atomic E-state index is 10.5. The Bertz CT molecular complexity index is 651. The lowest BCUT2D eigenvalue weighted by atomic mass is 10.2. The van der Waals surface area contributed by atoms with Crippen LogP contribution in [0.2, 0.25) is 0 Å². The molecule has 20 heavy (non-hydrogen) atoms. The van der Waals surface area contributed by atoms with E-state index in [-0.39, 0.29) is 17.1 Å². The van der Waals surface area contributed by atoms with E-state index in [2.05, 4.69) is 4.99 Å². The summed E-state index contributed by atoms with van der Waals surface area (Å²) in [6, 6.07) is 11.0. The topological polar surface area (TPSA) is 85.0 Å². The van der Waals surface area contributed by atoms with Crippen LogP contribution in [0, 0.1) is 10.1 Å². The zero-order chi connectivity index (χ0) is 14.5. The number of phenols is 1. The average Bonchev–Trinajstić information content (AvgIpc) is 2.46. The van der Waals surface area contributed by atoms with Crippen LogP contribution in [-0.4, -0.2) is 23.4 Å². The number of nitrogens with zero attached hydrogens (tertiary/aromatic N) is 2. The number of phenolic OH excluding ortho intramolecular Hbond substituents is 1. The number of aliphatic imine (C=N–C) groups is 1. The van der Waals surface area contributed by atoms with Crippen LogP contribution in [0.4, 0.5) is 11.4 Å². The van der Waals surface area contributed by atoms with Crippen molar-refractivity contribution < 1.29 is 14.8 Å². The molecule has 2 aromatic carbocycles. The average molecular weight is 272 g/mol. The number of non-ortho nitro benzene ring substituents is 1. The first kappa shape index (κ1) is 13.5. The van der Waals surface area contributed by atoms with Crippen molar-refractivity contribution in [3.8, 4) is 11.5 Å². The first-order chi connectivity index (χ1) is 9.60. The van der Waals surface area contributed by atoms with Crippen LogP contribution in [-0.2, 0) is 0 Å². The van der Waals surface area contributed by atoms with Gasteiger partial charge in [-0.1, -0.05) is 0 Å². The van der Waals surface area contributed by atoms with Crippen LogP contribution < -0.4 is 4.74 Å². The van der Waals surface area contributed by atoms with Crippen LogP contribution in [0.1, 0.15) is 5.56 Å². The highest BCUT2D eigenvalue weighted by Crippen LogP contribution is 2.30. The summed E-state index contributed by atoms with van der Waals surface area (Å²) >= 11 is 0. The molecule has 0 unspecified atom stereocenters. The Hall–Kier alpha value is -2.89. The van der Waals surface area contributed by atoms with E-state index in [1.807, 2.05) is 12.1 Å². The molecular formula is C14H12N2O4. The normalized spacial score (nSPS) is 10.7. The van der Waals surface area contributed by atoms with Crippen molar-refractivity contribution in [3.05, 3.63) is 58.1 Å². The smallest absolute Gasteiger partial charge is 0.273 e. The molecule has 0 radical (unpaired) electrons. The van der Waals surface area contributed by atoms with Gasteiger partial charge in [-0.15, -0.1) is 0 Å². The largest absolute Gasteiger partial charge is 0.505 e. The minimum absolute atomic E-state index is 0.175. The van der Waals surface area contributed by atoms with E-state index >= 15 is 0 Å². The van der Waals surface area contributed by atoms with Gasteiger partial charge in [-0.2, -0.15) is 0 Å². The summed E-state index contributed by atoms with van der Waals surface area (Å²) in [5, 5.41) is 20.2. The summed E-state index contributed by atoms with van der Waals surface area (Å²) in [5.74, 6) is 0.504. The number of hydrogen-bond donors (Lipinski definition) is 1. The van der Waals surface area contributed by atoms with Crippen LogP contribution in [0.15, 0.2) is 47.5 Å². The van der Waals surface area contributed by atoms with Gasteiger partial charge in [-0.25, -0.2) is 0 Å². The van der Waals surface area contributed by atoms with E-state index in [4.69, 9.17) is 4.74 Å². The van der Waals surface area contributed by atoms with E-state index in [1.54, 1.807) is 25.5 Å². The molecule has 0 aliphatic heterocycles. The fraction of sp³-hybridized carbons (Fsp3) is 0.0714. The number of aromatic hydroxyl groups is 1. The van der Waals surface area contributed by atoms with Gasteiger partial charge in [-0.3, -0.25) is 15.1 Å². The number of rotatable bonds is 4. The van der Waals surface area contributed by atoms with Gasteiger partial charge < -0.3 is 9.84 Å². The zero-order valence-electron chi connectivity index (χ0n) is 10.7. The third-order valence-corrected chi connectivity index (χ3v) is 2.64. The summed E-state index contributed by atoms with van der Waals surface area (Å²) in [6.07, 6.45) is 1.56. The third-order valence-electron chi connectivity index (χ3n) is 2.64. The predicted molar refractivity (Wildman–Crippen MR) is 75.0 cm³/mol. The van der Waals surface area contributed by atoms with Crippen molar-refractivity contribution in [1.29, 1.82) is 0 Å². The molecule has 0 heterocycles. The predicted octanol–water partition coefficient (Wildman–Crippen LogP) is 3.06. The maximum absolute atomic E-state index is 10.5. The fourth-order valence-electron chi connectivity index (χ4n) is 1.57. The van der Waals surface area contributed by atoms with E-state index in [0.29, 0.717) is 0 Å². The van der Waals surface area contributed by atoms with Crippen LogP contribution in [0.5, 0.6) is 11.5 Å². The molecule has 0 aliphatic carbocycles. The highest BCUT2D eigenvalue weighted by Gasteiger charge is 2.08. The lowest BCUT2D eigenvalue weighted by Gasteiger charge is -2.00. The van der Waals surface area contributed by atoms with Gasteiger partial charge in [0.15, 0.2) is 0 Å².